The lowest BCUT2D eigenvalue weighted by Gasteiger charge is -2.28. The average molecular weight is 280 g/mol. The Morgan fingerprint density at radius 3 is 2.17 bits per heavy atom. The van der Waals surface area contributed by atoms with Crippen LogP contribution < -0.4 is 5.73 Å². The van der Waals surface area contributed by atoms with E-state index in [1.807, 2.05) is 0 Å². The third kappa shape index (κ3) is 5.30. The van der Waals surface area contributed by atoms with Crippen molar-refractivity contribution < 1.29 is 13.2 Å². The maximum Gasteiger partial charge on any atom is 0.282 e. The van der Waals surface area contributed by atoms with Gasteiger partial charge in [-0.15, -0.1) is 0 Å². The maximum absolute atomic E-state index is 12.3. The Balaban J connectivity index is 4.85. The van der Waals surface area contributed by atoms with Gasteiger partial charge in [-0.2, -0.15) is 17.0 Å². The molecule has 0 aromatic heterocycles. The van der Waals surface area contributed by atoms with Crippen LogP contribution in [0.5, 0.6) is 0 Å². The van der Waals surface area contributed by atoms with Crippen molar-refractivity contribution in [2.24, 2.45) is 5.73 Å². The first kappa shape index (κ1) is 17.3. The molecule has 3 N–H and O–H groups in total. The van der Waals surface area contributed by atoms with Crippen molar-refractivity contribution in [1.82, 2.24) is 8.61 Å². The molecule has 0 rings (SSSR count). The van der Waals surface area contributed by atoms with Gasteiger partial charge in [0.15, 0.2) is 0 Å². The number of nitrogens with two attached hydrogens (primary N) is 1. The van der Waals surface area contributed by atoms with Crippen LogP contribution in [0.2, 0.25) is 0 Å². The maximum atomic E-state index is 12.3. The summed E-state index contributed by atoms with van der Waals surface area (Å²) < 4.78 is 32.2. The van der Waals surface area contributed by atoms with Crippen LogP contribution in [-0.2, 0) is 14.9 Å². The Morgan fingerprint density at radius 2 is 1.78 bits per heavy atom. The van der Waals surface area contributed by atoms with Crippen molar-refractivity contribution in [2.75, 3.05) is 39.9 Å². The van der Waals surface area contributed by atoms with E-state index in [0.29, 0.717) is 19.7 Å². The summed E-state index contributed by atoms with van der Waals surface area (Å²) in [4.78, 5) is 0. The molecule has 0 aliphatic rings. The van der Waals surface area contributed by atoms with E-state index >= 15 is 0 Å². The predicted molar refractivity (Wildman–Crippen MR) is 71.8 cm³/mol. The van der Waals surface area contributed by atoms with Gasteiger partial charge in [-0.3, -0.25) is 5.41 Å². The molecule has 18 heavy (non-hydrogen) atoms. The van der Waals surface area contributed by atoms with Gasteiger partial charge in [0.05, 0.1) is 12.4 Å². The van der Waals surface area contributed by atoms with E-state index in [2.05, 4.69) is 0 Å². The zero-order chi connectivity index (χ0) is 14.2. The molecule has 108 valence electrons. The Bertz CT molecular complexity index is 341. The van der Waals surface area contributed by atoms with E-state index in [-0.39, 0.29) is 25.3 Å². The quantitative estimate of drug-likeness (QED) is 0.429. The second-order valence-corrected chi connectivity index (χ2v) is 5.69. The molecule has 0 spiro atoms. The highest BCUT2D eigenvalue weighted by Gasteiger charge is 2.27. The third-order valence-corrected chi connectivity index (χ3v) is 4.72. The van der Waals surface area contributed by atoms with Crippen molar-refractivity contribution in [3.05, 3.63) is 0 Å². The smallest absolute Gasteiger partial charge is 0.282 e. The fraction of sp³-hybridized carbons (Fsp3) is 0.900. The number of nitrogens with one attached hydrogen (secondary N) is 1. The van der Waals surface area contributed by atoms with Gasteiger partial charge in [0.25, 0.3) is 10.2 Å². The lowest BCUT2D eigenvalue weighted by atomic mass is 10.4. The van der Waals surface area contributed by atoms with Crippen LogP contribution in [0.1, 0.15) is 20.3 Å². The number of rotatable bonds is 10. The number of hydrogen-bond donors (Lipinski definition) is 2. The molecular formula is C10H24N4O3S. The van der Waals surface area contributed by atoms with Gasteiger partial charge in [-0.05, 0) is 0 Å². The summed E-state index contributed by atoms with van der Waals surface area (Å²) in [5, 5.41) is 7.18. The second kappa shape index (κ2) is 8.41. The van der Waals surface area contributed by atoms with Crippen LogP contribution >= 0.6 is 0 Å². The monoisotopic (exact) mass is 280 g/mol. The summed E-state index contributed by atoms with van der Waals surface area (Å²) in [6, 6.07) is 0. The van der Waals surface area contributed by atoms with E-state index in [1.54, 1.807) is 13.8 Å². The molecule has 0 heterocycles. The summed E-state index contributed by atoms with van der Waals surface area (Å²) >= 11 is 0. The minimum absolute atomic E-state index is 0.0211. The fourth-order valence-corrected chi connectivity index (χ4v) is 3.10. The lowest BCUT2D eigenvalue weighted by molar-refractivity contribution is 0.176. The van der Waals surface area contributed by atoms with E-state index in [1.165, 1.54) is 15.7 Å². The zero-order valence-corrected chi connectivity index (χ0v) is 12.2. The van der Waals surface area contributed by atoms with Crippen LogP contribution in [0.4, 0.5) is 0 Å². The van der Waals surface area contributed by atoms with Crippen molar-refractivity contribution in [1.29, 1.82) is 5.41 Å². The van der Waals surface area contributed by atoms with Crippen molar-refractivity contribution in [3.63, 3.8) is 0 Å². The number of amidine groups is 1. The van der Waals surface area contributed by atoms with E-state index in [9.17, 15) is 8.42 Å². The Kier molecular flexibility index (Phi) is 8.08. The highest BCUT2D eigenvalue weighted by atomic mass is 32.2. The van der Waals surface area contributed by atoms with Gasteiger partial charge in [-0.25, -0.2) is 0 Å². The highest BCUT2D eigenvalue weighted by molar-refractivity contribution is 7.86. The zero-order valence-electron chi connectivity index (χ0n) is 11.3. The van der Waals surface area contributed by atoms with Gasteiger partial charge in [0.1, 0.15) is 0 Å². The molecule has 0 bridgehead atoms. The normalized spacial score (nSPS) is 12.3. The first-order valence-electron chi connectivity index (χ1n) is 5.97. The van der Waals surface area contributed by atoms with Crippen LogP contribution in [0.3, 0.4) is 0 Å². The standard InChI is InChI=1S/C10H24N4O3S/c1-4-13(5-2)18(15,16)14(8-9-17-3)7-6-10(11)12/h4-9H2,1-3H3,(H3,11,12). The summed E-state index contributed by atoms with van der Waals surface area (Å²) in [5.41, 5.74) is 5.27. The largest absolute Gasteiger partial charge is 0.388 e. The van der Waals surface area contributed by atoms with E-state index in [0.717, 1.165) is 0 Å². The van der Waals surface area contributed by atoms with Crippen LogP contribution in [0.15, 0.2) is 0 Å². The molecule has 7 nitrogen and oxygen atoms in total. The van der Waals surface area contributed by atoms with E-state index in [4.69, 9.17) is 15.9 Å². The molecule has 0 saturated heterocycles. The summed E-state index contributed by atoms with van der Waals surface area (Å²) in [7, 11) is -1.98. The molecule has 0 atom stereocenters. The fourth-order valence-electron chi connectivity index (χ4n) is 1.49. The van der Waals surface area contributed by atoms with Gasteiger partial charge < -0.3 is 10.5 Å². The van der Waals surface area contributed by atoms with Crippen LogP contribution in [-0.4, -0.2) is 62.8 Å². The van der Waals surface area contributed by atoms with Crippen molar-refractivity contribution in [2.45, 2.75) is 20.3 Å². The number of ether oxygens (including phenoxy) is 1. The van der Waals surface area contributed by atoms with Gasteiger partial charge in [-0.1, -0.05) is 13.8 Å². The Hall–Kier alpha value is -0.700. The topological polar surface area (TPSA) is 99.7 Å². The second-order valence-electron chi connectivity index (χ2n) is 3.76. The molecule has 0 aliphatic carbocycles. The molecule has 0 aromatic rings. The molecule has 0 aromatic carbocycles. The molecule has 0 saturated carbocycles. The number of hydrogen-bond acceptors (Lipinski definition) is 4. The van der Waals surface area contributed by atoms with Crippen LogP contribution in [0, 0.1) is 5.41 Å². The lowest BCUT2D eigenvalue weighted by Crippen LogP contribution is -2.46. The van der Waals surface area contributed by atoms with Gasteiger partial charge in [0, 0.05) is 39.7 Å². The van der Waals surface area contributed by atoms with Crippen molar-refractivity contribution in [3.8, 4) is 0 Å². The predicted octanol–water partition coefficient (Wildman–Crippen LogP) is -0.153. The average Bonchev–Trinajstić information content (AvgIpc) is 2.29. The molecule has 0 aliphatic heterocycles. The highest BCUT2D eigenvalue weighted by Crippen LogP contribution is 2.08. The number of methoxy groups -OCH3 is 1. The van der Waals surface area contributed by atoms with Crippen molar-refractivity contribution >= 4 is 16.0 Å². The molecular weight excluding hydrogens is 256 g/mol. The number of nitrogens with zero attached hydrogens (tertiary/aromatic N) is 2. The summed E-state index contributed by atoms with van der Waals surface area (Å²) in [6.07, 6.45) is 0.226. The third-order valence-electron chi connectivity index (χ3n) is 2.53. The van der Waals surface area contributed by atoms with E-state index < -0.39 is 10.2 Å². The molecule has 0 amide bonds. The minimum atomic E-state index is -3.50. The first-order chi connectivity index (χ1) is 8.39. The molecule has 0 fully saturated rings. The Labute approximate surface area is 110 Å². The molecule has 0 unspecified atom stereocenters. The molecule has 0 radical (unpaired) electrons. The summed E-state index contributed by atoms with van der Waals surface area (Å²) in [5.74, 6) is -0.0211. The summed E-state index contributed by atoms with van der Waals surface area (Å²) in [6.45, 7) is 5.21. The SMILES string of the molecule is CCN(CC)S(=O)(=O)N(CCOC)CCC(=N)N. The molecule has 8 heteroatoms. The minimum Gasteiger partial charge on any atom is -0.388 e. The van der Waals surface area contributed by atoms with Gasteiger partial charge >= 0.3 is 0 Å². The van der Waals surface area contributed by atoms with Crippen LogP contribution in [0.25, 0.3) is 0 Å². The Morgan fingerprint density at radius 1 is 1.22 bits per heavy atom. The first-order valence-corrected chi connectivity index (χ1v) is 7.36. The van der Waals surface area contributed by atoms with Gasteiger partial charge in [0.2, 0.25) is 0 Å².